The molecule has 2 fully saturated rings. The first-order valence-electron chi connectivity index (χ1n) is 9.25. The summed E-state index contributed by atoms with van der Waals surface area (Å²) in [5, 5.41) is 2.85. The van der Waals surface area contributed by atoms with Crippen molar-refractivity contribution in [2.45, 2.75) is 57.5 Å². The van der Waals surface area contributed by atoms with Crippen LogP contribution < -0.4 is 5.32 Å². The van der Waals surface area contributed by atoms with E-state index < -0.39 is 6.04 Å². The fourth-order valence-corrected chi connectivity index (χ4v) is 3.61. The van der Waals surface area contributed by atoms with Crippen LogP contribution in [-0.2, 0) is 9.59 Å². The molecule has 0 aromatic heterocycles. The number of likely N-dealkylation sites (tertiary alicyclic amines) is 1. The third-order valence-corrected chi connectivity index (χ3v) is 5.38. The Morgan fingerprint density at radius 2 is 1.84 bits per heavy atom. The Hall–Kier alpha value is -2.17. The standard InChI is InChI=1S/C20H26N2O3/c1-14(21-19(24)16-9-5-10-16)20(25)22-12-6-11-17(22)13-18(23)15-7-3-2-4-8-15/h2-4,7-8,14,16-17H,5-6,9-13H2,1H3,(H,21,24)/t14-,17-/m1/s1. The number of hydrogen-bond acceptors (Lipinski definition) is 3. The third-order valence-electron chi connectivity index (χ3n) is 5.38. The average molecular weight is 342 g/mol. The van der Waals surface area contributed by atoms with Gasteiger partial charge in [0.05, 0.1) is 0 Å². The number of ketones is 1. The Balaban J connectivity index is 1.57. The number of carbonyl (C=O) groups excluding carboxylic acids is 3. The van der Waals surface area contributed by atoms with Crippen molar-refractivity contribution in [1.29, 1.82) is 0 Å². The summed E-state index contributed by atoms with van der Waals surface area (Å²) in [6, 6.07) is 8.61. The van der Waals surface area contributed by atoms with Gasteiger partial charge in [-0.2, -0.15) is 0 Å². The van der Waals surface area contributed by atoms with Gasteiger partial charge in [0.1, 0.15) is 6.04 Å². The van der Waals surface area contributed by atoms with Gasteiger partial charge in [-0.25, -0.2) is 0 Å². The fourth-order valence-electron chi connectivity index (χ4n) is 3.61. The molecule has 1 aromatic rings. The van der Waals surface area contributed by atoms with Gasteiger partial charge in [-0.05, 0) is 32.6 Å². The molecule has 1 saturated heterocycles. The first-order chi connectivity index (χ1) is 12.1. The van der Waals surface area contributed by atoms with Gasteiger partial charge in [-0.1, -0.05) is 36.8 Å². The summed E-state index contributed by atoms with van der Waals surface area (Å²) in [6.45, 7) is 2.41. The number of rotatable bonds is 6. The number of benzene rings is 1. The average Bonchev–Trinajstić information content (AvgIpc) is 3.01. The van der Waals surface area contributed by atoms with Crippen molar-refractivity contribution in [2.24, 2.45) is 5.92 Å². The first kappa shape index (κ1) is 17.6. The molecule has 3 rings (SSSR count). The highest BCUT2D eigenvalue weighted by Crippen LogP contribution is 2.27. The maximum atomic E-state index is 12.7. The van der Waals surface area contributed by atoms with Crippen LogP contribution in [0.25, 0.3) is 0 Å². The lowest BCUT2D eigenvalue weighted by atomic mass is 9.84. The van der Waals surface area contributed by atoms with Gasteiger partial charge in [0, 0.05) is 30.5 Å². The molecule has 1 aliphatic carbocycles. The number of nitrogens with one attached hydrogen (secondary N) is 1. The van der Waals surface area contributed by atoms with Crippen LogP contribution >= 0.6 is 0 Å². The van der Waals surface area contributed by atoms with Crippen LogP contribution in [0, 0.1) is 5.92 Å². The van der Waals surface area contributed by atoms with Gasteiger partial charge in [0.15, 0.2) is 5.78 Å². The van der Waals surface area contributed by atoms with Gasteiger partial charge in [-0.3, -0.25) is 14.4 Å². The molecule has 1 N–H and O–H groups in total. The minimum atomic E-state index is -0.527. The minimum Gasteiger partial charge on any atom is -0.344 e. The van der Waals surface area contributed by atoms with Crippen molar-refractivity contribution in [3.8, 4) is 0 Å². The van der Waals surface area contributed by atoms with E-state index in [4.69, 9.17) is 0 Å². The summed E-state index contributed by atoms with van der Waals surface area (Å²) in [5.74, 6) is 0.0555. The highest BCUT2D eigenvalue weighted by Gasteiger charge is 2.34. The van der Waals surface area contributed by atoms with Crippen molar-refractivity contribution in [2.75, 3.05) is 6.54 Å². The van der Waals surface area contributed by atoms with E-state index in [-0.39, 0.29) is 29.6 Å². The van der Waals surface area contributed by atoms with Crippen molar-refractivity contribution < 1.29 is 14.4 Å². The number of Topliss-reactive ketones (excluding diaryl/α,β-unsaturated/α-hetero) is 1. The van der Waals surface area contributed by atoms with Gasteiger partial charge < -0.3 is 10.2 Å². The SMILES string of the molecule is C[C@@H](NC(=O)C1CCC1)C(=O)N1CCC[C@@H]1CC(=O)c1ccccc1. The second-order valence-corrected chi connectivity index (χ2v) is 7.18. The topological polar surface area (TPSA) is 66.5 Å². The zero-order valence-corrected chi connectivity index (χ0v) is 14.7. The molecule has 0 radical (unpaired) electrons. The summed E-state index contributed by atoms with van der Waals surface area (Å²) in [5.41, 5.74) is 0.688. The van der Waals surface area contributed by atoms with Crippen molar-refractivity contribution in [3.63, 3.8) is 0 Å². The van der Waals surface area contributed by atoms with Gasteiger partial charge >= 0.3 is 0 Å². The van der Waals surface area contributed by atoms with Crippen LogP contribution in [0.1, 0.15) is 55.8 Å². The van der Waals surface area contributed by atoms with Crippen LogP contribution in [0.3, 0.4) is 0 Å². The number of hydrogen-bond donors (Lipinski definition) is 1. The van der Waals surface area contributed by atoms with Gasteiger partial charge in [0.2, 0.25) is 11.8 Å². The number of amides is 2. The van der Waals surface area contributed by atoms with Crippen molar-refractivity contribution >= 4 is 17.6 Å². The van der Waals surface area contributed by atoms with Crippen molar-refractivity contribution in [3.05, 3.63) is 35.9 Å². The summed E-state index contributed by atoms with van der Waals surface area (Å²) < 4.78 is 0. The molecule has 1 aromatic carbocycles. The van der Waals surface area contributed by atoms with Crippen LogP contribution in [0.2, 0.25) is 0 Å². The lowest BCUT2D eigenvalue weighted by molar-refractivity contribution is -0.138. The maximum absolute atomic E-state index is 12.7. The zero-order valence-electron chi connectivity index (χ0n) is 14.7. The smallest absolute Gasteiger partial charge is 0.245 e. The second-order valence-electron chi connectivity index (χ2n) is 7.18. The lowest BCUT2D eigenvalue weighted by Gasteiger charge is -2.30. The Morgan fingerprint density at radius 1 is 1.12 bits per heavy atom. The molecular weight excluding hydrogens is 316 g/mol. The Kier molecular flexibility index (Phi) is 5.51. The predicted octanol–water partition coefficient (Wildman–Crippen LogP) is 2.56. The monoisotopic (exact) mass is 342 g/mol. The highest BCUT2D eigenvalue weighted by molar-refractivity contribution is 5.97. The van der Waals surface area contributed by atoms with E-state index >= 15 is 0 Å². The Morgan fingerprint density at radius 3 is 2.48 bits per heavy atom. The molecule has 1 saturated carbocycles. The first-order valence-corrected chi connectivity index (χ1v) is 9.25. The van der Waals surface area contributed by atoms with Crippen LogP contribution in [0.4, 0.5) is 0 Å². The normalized spacial score (nSPS) is 21.5. The molecule has 5 heteroatoms. The van der Waals surface area contributed by atoms with Crippen LogP contribution in [-0.4, -0.2) is 41.1 Å². The molecule has 25 heavy (non-hydrogen) atoms. The maximum Gasteiger partial charge on any atom is 0.245 e. The van der Waals surface area contributed by atoms with E-state index in [9.17, 15) is 14.4 Å². The quantitative estimate of drug-likeness (QED) is 0.808. The summed E-state index contributed by atoms with van der Waals surface area (Å²) in [4.78, 5) is 39.0. The van der Waals surface area contributed by atoms with Crippen LogP contribution in [0.15, 0.2) is 30.3 Å². The highest BCUT2D eigenvalue weighted by atomic mass is 16.2. The number of carbonyl (C=O) groups is 3. The molecule has 0 unspecified atom stereocenters. The molecule has 2 aliphatic rings. The molecule has 1 heterocycles. The van der Waals surface area contributed by atoms with Gasteiger partial charge in [-0.15, -0.1) is 0 Å². The largest absolute Gasteiger partial charge is 0.344 e. The van der Waals surface area contributed by atoms with E-state index in [1.165, 1.54) is 0 Å². The van der Waals surface area contributed by atoms with Crippen LogP contribution in [0.5, 0.6) is 0 Å². The molecule has 5 nitrogen and oxygen atoms in total. The molecule has 134 valence electrons. The molecule has 0 bridgehead atoms. The van der Waals surface area contributed by atoms with E-state index in [2.05, 4.69) is 5.32 Å². The Bertz CT molecular complexity index is 640. The molecule has 1 aliphatic heterocycles. The molecular formula is C20H26N2O3. The number of nitrogens with zero attached hydrogens (tertiary/aromatic N) is 1. The van der Waals surface area contributed by atoms with E-state index in [1.54, 1.807) is 11.8 Å². The lowest BCUT2D eigenvalue weighted by Crippen LogP contribution is -2.50. The summed E-state index contributed by atoms with van der Waals surface area (Å²) in [7, 11) is 0. The van der Waals surface area contributed by atoms with Gasteiger partial charge in [0.25, 0.3) is 0 Å². The van der Waals surface area contributed by atoms with E-state index in [0.29, 0.717) is 18.5 Å². The van der Waals surface area contributed by atoms with E-state index in [1.807, 2.05) is 30.3 Å². The Labute approximate surface area is 148 Å². The summed E-state index contributed by atoms with van der Waals surface area (Å²) >= 11 is 0. The third kappa shape index (κ3) is 4.09. The minimum absolute atomic E-state index is 0.0109. The molecule has 2 atom stereocenters. The molecule has 2 amide bonds. The summed E-state index contributed by atoms with van der Waals surface area (Å²) in [6.07, 6.45) is 5.03. The van der Waals surface area contributed by atoms with E-state index in [0.717, 1.165) is 32.1 Å². The predicted molar refractivity (Wildman–Crippen MR) is 95.1 cm³/mol. The fraction of sp³-hybridized carbons (Fsp3) is 0.550. The second kappa shape index (κ2) is 7.81. The molecule has 0 spiro atoms. The zero-order chi connectivity index (χ0) is 17.8. The van der Waals surface area contributed by atoms with Crippen molar-refractivity contribution in [1.82, 2.24) is 10.2 Å².